The van der Waals surface area contributed by atoms with E-state index in [1.165, 1.54) is 0 Å². The number of rotatable bonds is 5. The molecule has 86 valence electrons. The van der Waals surface area contributed by atoms with Gasteiger partial charge in [0.1, 0.15) is 6.10 Å². The smallest absolute Gasteiger partial charge is 0.105 e. The van der Waals surface area contributed by atoms with Gasteiger partial charge in [-0.15, -0.1) is 12.6 Å². The first kappa shape index (κ1) is 12.9. The molecule has 0 saturated heterocycles. The number of aliphatic hydroxyl groups excluding tert-OH is 2. The molecule has 0 radical (unpaired) electrons. The third-order valence-corrected chi connectivity index (χ3v) is 2.44. The number of hydrogen-bond acceptors (Lipinski definition) is 4. The summed E-state index contributed by atoms with van der Waals surface area (Å²) in [4.78, 5) is 3.29. The number of aliphatic hydroxyl groups is 2. The second kappa shape index (κ2) is 6.40. The van der Waals surface area contributed by atoms with Crippen molar-refractivity contribution in [3.8, 4) is 0 Å². The highest BCUT2D eigenvalue weighted by atomic mass is 32.1. The van der Waals surface area contributed by atoms with Gasteiger partial charge in [-0.3, -0.25) is 0 Å². The molecule has 0 fully saturated rings. The highest BCUT2D eigenvalue weighted by Crippen LogP contribution is 2.21. The Morgan fingerprint density at radius 1 is 1.44 bits per heavy atom. The number of hydrogen-bond donors (Lipinski definition) is 3. The molecule has 5 nitrogen and oxygen atoms in total. The molecule has 2 atom stereocenters. The lowest BCUT2D eigenvalue weighted by molar-refractivity contribution is 0.0149. The Kier molecular flexibility index (Phi) is 5.14. The van der Waals surface area contributed by atoms with Crippen molar-refractivity contribution in [2.75, 3.05) is 6.54 Å². The minimum absolute atomic E-state index is 0.162. The van der Waals surface area contributed by atoms with Gasteiger partial charge in [-0.1, -0.05) is 17.2 Å². The Bertz CT molecular complexity index is 393. The van der Waals surface area contributed by atoms with Gasteiger partial charge in [0.05, 0.1) is 6.10 Å². The zero-order valence-corrected chi connectivity index (χ0v) is 9.46. The molecule has 1 aromatic rings. The van der Waals surface area contributed by atoms with E-state index in [-0.39, 0.29) is 13.0 Å². The Balaban J connectivity index is 2.62. The molecule has 0 spiro atoms. The molecule has 0 aromatic heterocycles. The number of nitrogens with zero attached hydrogens (tertiary/aromatic N) is 3. The second-order valence-corrected chi connectivity index (χ2v) is 3.87. The van der Waals surface area contributed by atoms with E-state index in [1.54, 1.807) is 24.3 Å². The molecule has 0 aliphatic rings. The maximum atomic E-state index is 9.79. The first-order valence-electron chi connectivity index (χ1n) is 4.81. The molecule has 0 saturated carbocycles. The lowest BCUT2D eigenvalue weighted by atomic mass is 10.0. The lowest BCUT2D eigenvalue weighted by Crippen LogP contribution is -2.19. The van der Waals surface area contributed by atoms with E-state index in [0.29, 0.717) is 5.56 Å². The van der Waals surface area contributed by atoms with Crippen LogP contribution in [-0.4, -0.2) is 22.9 Å². The summed E-state index contributed by atoms with van der Waals surface area (Å²) in [5, 5.41) is 22.7. The largest absolute Gasteiger partial charge is 0.390 e. The number of azide groups is 1. The fourth-order valence-electron chi connectivity index (χ4n) is 1.32. The van der Waals surface area contributed by atoms with Gasteiger partial charge in [-0.05, 0) is 29.6 Å². The Labute approximate surface area is 98.8 Å². The Hall–Kier alpha value is -1.20. The maximum absolute atomic E-state index is 9.79. The van der Waals surface area contributed by atoms with E-state index < -0.39 is 12.2 Å². The van der Waals surface area contributed by atoms with Crippen LogP contribution in [0.1, 0.15) is 18.1 Å². The Morgan fingerprint density at radius 2 is 2.19 bits per heavy atom. The van der Waals surface area contributed by atoms with E-state index >= 15 is 0 Å². The topological polar surface area (TPSA) is 89.2 Å². The summed E-state index contributed by atoms with van der Waals surface area (Å²) >= 11 is 4.14. The van der Waals surface area contributed by atoms with Crippen LogP contribution in [0.4, 0.5) is 0 Å². The van der Waals surface area contributed by atoms with E-state index in [0.717, 1.165) is 4.90 Å². The van der Waals surface area contributed by atoms with Crippen molar-refractivity contribution < 1.29 is 10.2 Å². The summed E-state index contributed by atoms with van der Waals surface area (Å²) in [6, 6.07) is 6.93. The van der Waals surface area contributed by atoms with Crippen molar-refractivity contribution in [1.82, 2.24) is 0 Å². The van der Waals surface area contributed by atoms with Gasteiger partial charge in [0.15, 0.2) is 0 Å². The summed E-state index contributed by atoms with van der Waals surface area (Å²) in [7, 11) is 0. The minimum Gasteiger partial charge on any atom is -0.390 e. The molecule has 0 amide bonds. The van der Waals surface area contributed by atoms with E-state index in [2.05, 4.69) is 22.7 Å². The van der Waals surface area contributed by atoms with Crippen LogP contribution in [0.2, 0.25) is 0 Å². The summed E-state index contributed by atoms with van der Waals surface area (Å²) in [5.74, 6) is 0. The molecule has 0 aliphatic carbocycles. The first-order valence-corrected chi connectivity index (χ1v) is 5.26. The van der Waals surface area contributed by atoms with Crippen molar-refractivity contribution in [2.24, 2.45) is 5.11 Å². The van der Waals surface area contributed by atoms with Gasteiger partial charge in [0, 0.05) is 16.4 Å². The van der Waals surface area contributed by atoms with Gasteiger partial charge < -0.3 is 10.2 Å². The molecule has 1 aromatic carbocycles. The summed E-state index contributed by atoms with van der Waals surface area (Å²) in [6.07, 6.45) is -1.70. The van der Waals surface area contributed by atoms with Crippen molar-refractivity contribution in [3.05, 3.63) is 40.3 Å². The second-order valence-electron chi connectivity index (χ2n) is 3.35. The average Bonchev–Trinajstić information content (AvgIpc) is 2.28. The van der Waals surface area contributed by atoms with Crippen LogP contribution in [-0.2, 0) is 0 Å². The predicted molar refractivity (Wildman–Crippen MR) is 63.3 cm³/mol. The van der Waals surface area contributed by atoms with Crippen molar-refractivity contribution in [1.29, 1.82) is 0 Å². The fraction of sp³-hybridized carbons (Fsp3) is 0.400. The van der Waals surface area contributed by atoms with Crippen LogP contribution < -0.4 is 0 Å². The van der Waals surface area contributed by atoms with Crippen LogP contribution in [0.25, 0.3) is 10.4 Å². The third kappa shape index (κ3) is 3.75. The van der Waals surface area contributed by atoms with E-state index in [9.17, 15) is 10.2 Å². The molecule has 2 N–H and O–H groups in total. The SMILES string of the molecule is [N-]=[N+]=NCCC(O)C(O)c1cccc(S)c1. The molecular weight excluding hydrogens is 226 g/mol. The molecular formula is C10H13N3O2S. The molecule has 6 heteroatoms. The molecule has 1 rings (SSSR count). The van der Waals surface area contributed by atoms with Crippen molar-refractivity contribution >= 4 is 12.6 Å². The predicted octanol–water partition coefficient (Wildman–Crippen LogP) is 2.07. The van der Waals surface area contributed by atoms with Crippen LogP contribution in [0.15, 0.2) is 34.3 Å². The van der Waals surface area contributed by atoms with Crippen LogP contribution >= 0.6 is 12.6 Å². The quantitative estimate of drug-likeness (QED) is 0.318. The van der Waals surface area contributed by atoms with Gasteiger partial charge in [0.25, 0.3) is 0 Å². The monoisotopic (exact) mass is 239 g/mol. The molecule has 0 bridgehead atoms. The molecule has 16 heavy (non-hydrogen) atoms. The maximum Gasteiger partial charge on any atom is 0.105 e. The highest BCUT2D eigenvalue weighted by molar-refractivity contribution is 7.80. The van der Waals surface area contributed by atoms with Crippen LogP contribution in [0, 0.1) is 0 Å². The molecule has 0 aliphatic heterocycles. The van der Waals surface area contributed by atoms with Gasteiger partial charge in [-0.2, -0.15) is 0 Å². The normalized spacial score (nSPS) is 13.9. The van der Waals surface area contributed by atoms with Crippen LogP contribution in [0.5, 0.6) is 0 Å². The average molecular weight is 239 g/mol. The fourth-order valence-corrected chi connectivity index (χ4v) is 1.56. The number of benzene rings is 1. The third-order valence-electron chi connectivity index (χ3n) is 2.16. The Morgan fingerprint density at radius 3 is 2.81 bits per heavy atom. The standard InChI is InChI=1S/C10H13N3O2S/c11-13-12-5-4-9(14)10(15)7-2-1-3-8(16)6-7/h1-3,6,9-10,14-16H,4-5H2. The van der Waals surface area contributed by atoms with Crippen molar-refractivity contribution in [3.63, 3.8) is 0 Å². The highest BCUT2D eigenvalue weighted by Gasteiger charge is 2.17. The zero-order valence-electron chi connectivity index (χ0n) is 8.56. The van der Waals surface area contributed by atoms with Crippen LogP contribution in [0.3, 0.4) is 0 Å². The number of thiol groups is 1. The van der Waals surface area contributed by atoms with E-state index in [4.69, 9.17) is 5.53 Å². The van der Waals surface area contributed by atoms with Gasteiger partial charge >= 0.3 is 0 Å². The summed E-state index contributed by atoms with van der Waals surface area (Å²) < 4.78 is 0. The van der Waals surface area contributed by atoms with Gasteiger partial charge in [0.2, 0.25) is 0 Å². The first-order chi connectivity index (χ1) is 7.65. The zero-order chi connectivity index (χ0) is 12.0. The minimum atomic E-state index is -0.985. The van der Waals surface area contributed by atoms with Gasteiger partial charge in [-0.25, -0.2) is 0 Å². The van der Waals surface area contributed by atoms with Crippen molar-refractivity contribution in [2.45, 2.75) is 23.5 Å². The molecule has 2 unspecified atom stereocenters. The summed E-state index contributed by atoms with van der Waals surface area (Å²) in [6.45, 7) is 0.162. The van der Waals surface area contributed by atoms with E-state index in [1.807, 2.05) is 0 Å². The lowest BCUT2D eigenvalue weighted by Gasteiger charge is -2.17. The molecule has 0 heterocycles. The summed E-state index contributed by atoms with van der Waals surface area (Å²) in [5.41, 5.74) is 8.67.